The van der Waals surface area contributed by atoms with Crippen molar-refractivity contribution in [3.63, 3.8) is 0 Å². The number of hydrogen-bond acceptors (Lipinski definition) is 4. The molecule has 0 saturated carbocycles. The van der Waals surface area contributed by atoms with Crippen molar-refractivity contribution in [2.24, 2.45) is 4.99 Å². The Bertz CT molecular complexity index is 551. The standard InChI is InChI=1S/C18H29F3N4O2/c1-4-22-17(23-9-10-25(2)11-12-26-3)24-13-15-5-7-16(8-6-15)27-14-18(19,20)21/h5-8H,4,9-14H2,1-3H3,(H2,22,23,24). The third-order valence-electron chi connectivity index (χ3n) is 3.55. The van der Waals surface area contributed by atoms with E-state index in [4.69, 9.17) is 9.47 Å². The van der Waals surface area contributed by atoms with Gasteiger partial charge in [0.05, 0.1) is 13.2 Å². The van der Waals surface area contributed by atoms with E-state index in [0.717, 1.165) is 31.7 Å². The Hall–Kier alpha value is -2.00. The van der Waals surface area contributed by atoms with Gasteiger partial charge in [0.2, 0.25) is 0 Å². The predicted octanol–water partition coefficient (Wildman–Crippen LogP) is 2.26. The average Bonchev–Trinajstić information content (AvgIpc) is 2.63. The van der Waals surface area contributed by atoms with Crippen LogP contribution in [0.15, 0.2) is 29.3 Å². The summed E-state index contributed by atoms with van der Waals surface area (Å²) in [6.07, 6.45) is -4.34. The smallest absolute Gasteiger partial charge is 0.422 e. The fourth-order valence-electron chi connectivity index (χ4n) is 2.09. The van der Waals surface area contributed by atoms with E-state index in [-0.39, 0.29) is 5.75 Å². The van der Waals surface area contributed by atoms with Crippen molar-refractivity contribution >= 4 is 5.96 Å². The molecule has 0 atom stereocenters. The maximum Gasteiger partial charge on any atom is 0.422 e. The summed E-state index contributed by atoms with van der Waals surface area (Å²) < 4.78 is 46.2. The van der Waals surface area contributed by atoms with Crippen LogP contribution < -0.4 is 15.4 Å². The molecule has 0 fully saturated rings. The number of benzene rings is 1. The first-order valence-electron chi connectivity index (χ1n) is 8.82. The number of halogens is 3. The van der Waals surface area contributed by atoms with Crippen molar-refractivity contribution in [1.29, 1.82) is 0 Å². The van der Waals surface area contributed by atoms with Crippen molar-refractivity contribution < 1.29 is 22.6 Å². The first-order chi connectivity index (χ1) is 12.8. The molecule has 6 nitrogen and oxygen atoms in total. The van der Waals surface area contributed by atoms with Gasteiger partial charge >= 0.3 is 6.18 Å². The molecule has 0 aromatic heterocycles. The van der Waals surface area contributed by atoms with Crippen LogP contribution in [0.2, 0.25) is 0 Å². The van der Waals surface area contributed by atoms with Crippen LogP contribution in [0.5, 0.6) is 5.75 Å². The van der Waals surface area contributed by atoms with Crippen molar-refractivity contribution in [1.82, 2.24) is 15.5 Å². The van der Waals surface area contributed by atoms with Crippen LogP contribution in [0.1, 0.15) is 12.5 Å². The number of aliphatic imine (C=N–C) groups is 1. The third-order valence-corrected chi connectivity index (χ3v) is 3.55. The molecule has 0 heterocycles. The highest BCUT2D eigenvalue weighted by Gasteiger charge is 2.28. The average molecular weight is 390 g/mol. The first-order valence-corrected chi connectivity index (χ1v) is 8.82. The Morgan fingerprint density at radius 3 is 2.44 bits per heavy atom. The highest BCUT2D eigenvalue weighted by Crippen LogP contribution is 2.19. The Morgan fingerprint density at radius 1 is 1.15 bits per heavy atom. The number of nitrogens with one attached hydrogen (secondary N) is 2. The Labute approximate surface area is 158 Å². The van der Waals surface area contributed by atoms with E-state index in [1.54, 1.807) is 19.2 Å². The van der Waals surface area contributed by atoms with Gasteiger partial charge in [0.15, 0.2) is 12.6 Å². The van der Waals surface area contributed by atoms with E-state index in [2.05, 4.69) is 20.5 Å². The molecule has 0 unspecified atom stereocenters. The Balaban J connectivity index is 2.47. The second kappa shape index (κ2) is 12.4. The summed E-state index contributed by atoms with van der Waals surface area (Å²) in [6, 6.07) is 6.44. The topological polar surface area (TPSA) is 58.1 Å². The molecule has 0 bridgehead atoms. The number of ether oxygens (including phenoxy) is 2. The molecular weight excluding hydrogens is 361 g/mol. The molecule has 0 radical (unpaired) electrons. The number of likely N-dealkylation sites (N-methyl/N-ethyl adjacent to an activating group) is 1. The van der Waals surface area contributed by atoms with Crippen molar-refractivity contribution in [2.45, 2.75) is 19.6 Å². The molecule has 1 aromatic carbocycles. The normalized spacial score (nSPS) is 12.3. The van der Waals surface area contributed by atoms with Gasteiger partial charge in [0.25, 0.3) is 0 Å². The second-order valence-electron chi connectivity index (χ2n) is 5.97. The molecule has 0 aliphatic carbocycles. The zero-order valence-electron chi connectivity index (χ0n) is 16.1. The first kappa shape index (κ1) is 23.0. The lowest BCUT2D eigenvalue weighted by Gasteiger charge is -2.17. The van der Waals surface area contributed by atoms with Crippen LogP contribution in [0.25, 0.3) is 0 Å². The number of guanidine groups is 1. The van der Waals surface area contributed by atoms with Gasteiger partial charge in [-0.25, -0.2) is 4.99 Å². The lowest BCUT2D eigenvalue weighted by atomic mass is 10.2. The van der Waals surface area contributed by atoms with Gasteiger partial charge in [-0.15, -0.1) is 0 Å². The SMILES string of the molecule is CCNC(=NCc1ccc(OCC(F)(F)F)cc1)NCCN(C)CCOC. The van der Waals surface area contributed by atoms with Crippen LogP contribution in [0.3, 0.4) is 0 Å². The maximum absolute atomic E-state index is 12.1. The van der Waals surface area contributed by atoms with Crippen LogP contribution >= 0.6 is 0 Å². The van der Waals surface area contributed by atoms with Crippen molar-refractivity contribution in [2.75, 3.05) is 53.6 Å². The molecule has 1 rings (SSSR count). The number of hydrogen-bond donors (Lipinski definition) is 2. The number of methoxy groups -OCH3 is 1. The van der Waals surface area contributed by atoms with Crippen molar-refractivity contribution in [3.8, 4) is 5.75 Å². The molecule has 0 aliphatic heterocycles. The van der Waals surface area contributed by atoms with E-state index >= 15 is 0 Å². The summed E-state index contributed by atoms with van der Waals surface area (Å²) >= 11 is 0. The minimum atomic E-state index is -4.34. The summed E-state index contributed by atoms with van der Waals surface area (Å²) in [6.45, 7) is 4.95. The molecule has 2 N–H and O–H groups in total. The van der Waals surface area contributed by atoms with Crippen LogP contribution in [-0.2, 0) is 11.3 Å². The largest absolute Gasteiger partial charge is 0.484 e. The van der Waals surface area contributed by atoms with E-state index in [1.807, 2.05) is 14.0 Å². The van der Waals surface area contributed by atoms with Gasteiger partial charge < -0.3 is 25.0 Å². The second-order valence-corrected chi connectivity index (χ2v) is 5.97. The number of nitrogens with zero attached hydrogens (tertiary/aromatic N) is 2. The molecule has 0 aliphatic rings. The molecule has 0 spiro atoms. The lowest BCUT2D eigenvalue weighted by molar-refractivity contribution is -0.153. The van der Waals surface area contributed by atoms with Gasteiger partial charge in [0, 0.05) is 33.3 Å². The molecular formula is C18H29F3N4O2. The third kappa shape index (κ3) is 11.3. The van der Waals surface area contributed by atoms with Crippen LogP contribution in [0.4, 0.5) is 13.2 Å². The number of alkyl halides is 3. The summed E-state index contributed by atoms with van der Waals surface area (Å²) in [5.74, 6) is 0.874. The Kier molecular flexibility index (Phi) is 10.6. The fraction of sp³-hybridized carbons (Fsp3) is 0.611. The van der Waals surface area contributed by atoms with E-state index in [1.165, 1.54) is 12.1 Å². The molecule has 0 amide bonds. The quantitative estimate of drug-likeness (QED) is 0.448. The summed E-state index contributed by atoms with van der Waals surface area (Å²) in [4.78, 5) is 6.64. The summed E-state index contributed by atoms with van der Waals surface area (Å²) in [7, 11) is 3.70. The highest BCUT2D eigenvalue weighted by atomic mass is 19.4. The molecule has 9 heteroatoms. The predicted molar refractivity (Wildman–Crippen MR) is 100 cm³/mol. The minimum absolute atomic E-state index is 0.184. The summed E-state index contributed by atoms with van der Waals surface area (Å²) in [5.41, 5.74) is 0.878. The van der Waals surface area contributed by atoms with Gasteiger partial charge in [-0.3, -0.25) is 0 Å². The zero-order chi connectivity index (χ0) is 20.1. The zero-order valence-corrected chi connectivity index (χ0v) is 16.1. The van der Waals surface area contributed by atoms with E-state index in [0.29, 0.717) is 19.1 Å². The van der Waals surface area contributed by atoms with Gasteiger partial charge in [0.1, 0.15) is 5.75 Å². The Morgan fingerprint density at radius 2 is 1.85 bits per heavy atom. The lowest BCUT2D eigenvalue weighted by Crippen LogP contribution is -2.41. The molecule has 154 valence electrons. The highest BCUT2D eigenvalue weighted by molar-refractivity contribution is 5.79. The van der Waals surface area contributed by atoms with Crippen LogP contribution in [-0.4, -0.2) is 70.6 Å². The monoisotopic (exact) mass is 390 g/mol. The van der Waals surface area contributed by atoms with Gasteiger partial charge in [-0.1, -0.05) is 12.1 Å². The minimum Gasteiger partial charge on any atom is -0.484 e. The molecule has 1 aromatic rings. The van der Waals surface area contributed by atoms with Gasteiger partial charge in [-0.2, -0.15) is 13.2 Å². The fourth-order valence-corrected chi connectivity index (χ4v) is 2.09. The molecule has 0 saturated heterocycles. The van der Waals surface area contributed by atoms with E-state index < -0.39 is 12.8 Å². The van der Waals surface area contributed by atoms with Crippen molar-refractivity contribution in [3.05, 3.63) is 29.8 Å². The maximum atomic E-state index is 12.1. The number of rotatable bonds is 11. The van der Waals surface area contributed by atoms with E-state index in [9.17, 15) is 13.2 Å². The van der Waals surface area contributed by atoms with Crippen LogP contribution in [0, 0.1) is 0 Å². The van der Waals surface area contributed by atoms with Gasteiger partial charge in [-0.05, 0) is 31.7 Å². The summed E-state index contributed by atoms with van der Waals surface area (Å²) in [5, 5.41) is 6.42. The molecule has 27 heavy (non-hydrogen) atoms.